The molecule has 0 aromatic heterocycles. The highest BCUT2D eigenvalue weighted by Gasteiger charge is 2.07. The van der Waals surface area contributed by atoms with Crippen LogP contribution in [0.5, 0.6) is 0 Å². The molecule has 2 aromatic carbocycles. The fourth-order valence-corrected chi connectivity index (χ4v) is 2.62. The van der Waals surface area contributed by atoms with Crippen LogP contribution in [0.25, 0.3) is 0 Å². The van der Waals surface area contributed by atoms with Gasteiger partial charge in [0.1, 0.15) is 0 Å². The highest BCUT2D eigenvalue weighted by Crippen LogP contribution is 2.15. The predicted octanol–water partition coefficient (Wildman–Crippen LogP) is 3.95. The van der Waals surface area contributed by atoms with E-state index < -0.39 is 5.97 Å². The van der Waals surface area contributed by atoms with Crippen LogP contribution in [0.15, 0.2) is 48.5 Å². The number of aliphatic carboxylic acids is 1. The summed E-state index contributed by atoms with van der Waals surface area (Å²) in [4.78, 5) is 22.7. The van der Waals surface area contributed by atoms with Crippen molar-refractivity contribution in [2.75, 3.05) is 5.32 Å². The summed E-state index contributed by atoms with van der Waals surface area (Å²) in [7, 11) is 0. The molecule has 0 unspecified atom stereocenters. The van der Waals surface area contributed by atoms with Crippen LogP contribution in [0.2, 0.25) is 0 Å². The molecule has 0 saturated heterocycles. The van der Waals surface area contributed by atoms with Gasteiger partial charge in [-0.15, -0.1) is 0 Å². The predicted molar refractivity (Wildman–Crippen MR) is 94.1 cm³/mol. The first-order valence-corrected chi connectivity index (χ1v) is 8.00. The minimum Gasteiger partial charge on any atom is -0.481 e. The number of carboxylic acid groups (broad SMARTS) is 1. The van der Waals surface area contributed by atoms with E-state index in [0.29, 0.717) is 18.4 Å². The molecule has 1 amide bonds. The maximum atomic E-state index is 12.2. The Balaban J connectivity index is 2.00. The number of carbonyl (C=O) groups excluding carboxylic acids is 1. The summed E-state index contributed by atoms with van der Waals surface area (Å²) in [6, 6.07) is 14.9. The number of aryl methyl sites for hydroxylation is 1. The van der Waals surface area contributed by atoms with Gasteiger partial charge in [-0.05, 0) is 71.3 Å². The molecule has 0 bridgehead atoms. The number of nitrogens with one attached hydrogen (secondary N) is 1. The van der Waals surface area contributed by atoms with Gasteiger partial charge in [0.05, 0.1) is 0 Å². The molecule has 0 spiro atoms. The third-order valence-electron chi connectivity index (χ3n) is 3.13. The maximum Gasteiger partial charge on any atom is 0.303 e. The van der Waals surface area contributed by atoms with Crippen LogP contribution < -0.4 is 5.32 Å². The molecule has 0 saturated carbocycles. The summed E-state index contributed by atoms with van der Waals surface area (Å²) in [6.07, 6.45) is 1.42. The normalized spacial score (nSPS) is 10.2. The molecule has 2 aromatic rings. The summed E-state index contributed by atoms with van der Waals surface area (Å²) in [5.74, 6) is -0.940. The third-order valence-corrected chi connectivity index (χ3v) is 3.80. The van der Waals surface area contributed by atoms with Gasteiger partial charge in [-0.3, -0.25) is 9.59 Å². The Bertz CT molecular complexity index is 685. The van der Waals surface area contributed by atoms with Crippen molar-refractivity contribution in [2.45, 2.75) is 19.3 Å². The average Bonchev–Trinajstić information content (AvgIpc) is 2.47. The molecule has 0 heterocycles. The highest BCUT2D eigenvalue weighted by molar-refractivity contribution is 14.1. The second kappa shape index (κ2) is 7.93. The van der Waals surface area contributed by atoms with Crippen molar-refractivity contribution >= 4 is 40.2 Å². The molecule has 0 aliphatic heterocycles. The van der Waals surface area contributed by atoms with Crippen LogP contribution in [0.3, 0.4) is 0 Å². The summed E-state index contributed by atoms with van der Waals surface area (Å²) in [5.41, 5.74) is 2.35. The zero-order valence-corrected chi connectivity index (χ0v) is 14.0. The monoisotopic (exact) mass is 409 g/mol. The average molecular weight is 409 g/mol. The van der Waals surface area contributed by atoms with Gasteiger partial charge in [-0.2, -0.15) is 0 Å². The molecule has 0 atom stereocenters. The van der Waals surface area contributed by atoms with Crippen molar-refractivity contribution < 1.29 is 14.7 Å². The number of carboxylic acids is 1. The number of benzene rings is 2. The quantitative estimate of drug-likeness (QED) is 0.711. The van der Waals surface area contributed by atoms with Crippen LogP contribution in [-0.2, 0) is 11.2 Å². The zero-order valence-electron chi connectivity index (χ0n) is 11.9. The Morgan fingerprint density at radius 1 is 1.09 bits per heavy atom. The van der Waals surface area contributed by atoms with Crippen LogP contribution in [-0.4, -0.2) is 17.0 Å². The lowest BCUT2D eigenvalue weighted by Gasteiger charge is -2.08. The molecule has 4 nitrogen and oxygen atoms in total. The summed E-state index contributed by atoms with van der Waals surface area (Å²) >= 11 is 2.17. The molecular formula is C17H16INO3. The minimum atomic E-state index is -0.789. The van der Waals surface area contributed by atoms with E-state index in [0.717, 1.165) is 14.8 Å². The Hall–Kier alpha value is -1.89. The van der Waals surface area contributed by atoms with Crippen molar-refractivity contribution in [3.63, 3.8) is 0 Å². The van der Waals surface area contributed by atoms with Gasteiger partial charge in [0.25, 0.3) is 5.91 Å². The first-order valence-electron chi connectivity index (χ1n) is 6.92. The van der Waals surface area contributed by atoms with Crippen LogP contribution in [0.4, 0.5) is 5.69 Å². The second-order valence-corrected chi connectivity index (χ2v) is 6.16. The fraction of sp³-hybridized carbons (Fsp3) is 0.176. The van der Waals surface area contributed by atoms with Gasteiger partial charge in [0.2, 0.25) is 0 Å². The van der Waals surface area contributed by atoms with E-state index in [9.17, 15) is 9.59 Å². The van der Waals surface area contributed by atoms with Gasteiger partial charge in [-0.25, -0.2) is 0 Å². The molecule has 0 aliphatic carbocycles. The van der Waals surface area contributed by atoms with Gasteiger partial charge < -0.3 is 10.4 Å². The first kappa shape index (κ1) is 16.5. The molecule has 22 heavy (non-hydrogen) atoms. The number of carbonyl (C=O) groups is 2. The van der Waals surface area contributed by atoms with E-state index in [2.05, 4.69) is 27.9 Å². The second-order valence-electron chi connectivity index (χ2n) is 4.91. The van der Waals surface area contributed by atoms with Crippen molar-refractivity contribution in [1.29, 1.82) is 0 Å². The van der Waals surface area contributed by atoms with Crippen molar-refractivity contribution in [1.82, 2.24) is 0 Å². The summed E-state index contributed by atoms with van der Waals surface area (Å²) in [6.45, 7) is 0. The smallest absolute Gasteiger partial charge is 0.303 e. The van der Waals surface area contributed by atoms with Crippen molar-refractivity contribution in [3.8, 4) is 0 Å². The Labute approximate surface area is 142 Å². The Morgan fingerprint density at radius 2 is 1.86 bits per heavy atom. The Kier molecular flexibility index (Phi) is 5.94. The van der Waals surface area contributed by atoms with E-state index in [4.69, 9.17) is 5.11 Å². The lowest BCUT2D eigenvalue weighted by atomic mass is 10.1. The number of hydrogen-bond acceptors (Lipinski definition) is 2. The number of anilines is 1. The van der Waals surface area contributed by atoms with Crippen LogP contribution in [0.1, 0.15) is 28.8 Å². The van der Waals surface area contributed by atoms with E-state index in [-0.39, 0.29) is 12.3 Å². The molecule has 0 radical (unpaired) electrons. The molecule has 2 N–H and O–H groups in total. The van der Waals surface area contributed by atoms with Crippen LogP contribution in [0, 0.1) is 3.57 Å². The van der Waals surface area contributed by atoms with E-state index >= 15 is 0 Å². The summed E-state index contributed by atoms with van der Waals surface area (Å²) < 4.78 is 1.01. The third kappa shape index (κ3) is 5.14. The van der Waals surface area contributed by atoms with E-state index in [1.54, 1.807) is 6.07 Å². The number of hydrogen-bond donors (Lipinski definition) is 2. The van der Waals surface area contributed by atoms with Gasteiger partial charge >= 0.3 is 5.97 Å². The van der Waals surface area contributed by atoms with Crippen LogP contribution >= 0.6 is 22.6 Å². The number of halogens is 1. The molecule has 114 valence electrons. The lowest BCUT2D eigenvalue weighted by Crippen LogP contribution is -2.12. The Morgan fingerprint density at radius 3 is 2.59 bits per heavy atom. The van der Waals surface area contributed by atoms with E-state index in [1.165, 1.54) is 0 Å². The maximum absolute atomic E-state index is 12.2. The SMILES string of the molecule is O=C(O)CCCc1cccc(NC(=O)c2cccc(I)c2)c1. The van der Waals surface area contributed by atoms with Crippen molar-refractivity contribution in [3.05, 3.63) is 63.2 Å². The standard InChI is InChI=1S/C17H16INO3/c18-14-7-3-6-13(11-14)17(22)19-15-8-1-4-12(10-15)5-2-9-16(20)21/h1,3-4,6-8,10-11H,2,5,9H2,(H,19,22)(H,20,21). The number of amides is 1. The molecule has 0 fully saturated rings. The highest BCUT2D eigenvalue weighted by atomic mass is 127. The minimum absolute atomic E-state index is 0.152. The molecule has 5 heteroatoms. The van der Waals surface area contributed by atoms with Gasteiger partial charge in [0, 0.05) is 21.2 Å². The van der Waals surface area contributed by atoms with Gasteiger partial charge in [-0.1, -0.05) is 18.2 Å². The van der Waals surface area contributed by atoms with E-state index in [1.807, 2.05) is 42.5 Å². The van der Waals surface area contributed by atoms with Gasteiger partial charge in [0.15, 0.2) is 0 Å². The number of rotatable bonds is 6. The molecular weight excluding hydrogens is 393 g/mol. The molecule has 0 aliphatic rings. The molecule has 2 rings (SSSR count). The van der Waals surface area contributed by atoms with Crippen molar-refractivity contribution in [2.24, 2.45) is 0 Å². The fourth-order valence-electron chi connectivity index (χ4n) is 2.08. The largest absolute Gasteiger partial charge is 0.481 e. The topological polar surface area (TPSA) is 66.4 Å². The first-order chi connectivity index (χ1) is 10.5. The summed E-state index contributed by atoms with van der Waals surface area (Å²) in [5, 5.41) is 11.5. The lowest BCUT2D eigenvalue weighted by molar-refractivity contribution is -0.137. The zero-order chi connectivity index (χ0) is 15.9.